The van der Waals surface area contributed by atoms with Crippen LogP contribution >= 0.6 is 0 Å². The quantitative estimate of drug-likeness (QED) is 0.826. The third kappa shape index (κ3) is 3.33. The topological polar surface area (TPSA) is 29.3 Å². The summed E-state index contributed by atoms with van der Waals surface area (Å²) in [7, 11) is 0. The van der Waals surface area contributed by atoms with E-state index in [0.717, 1.165) is 12.5 Å². The summed E-state index contributed by atoms with van der Waals surface area (Å²) < 4.78 is 0. The van der Waals surface area contributed by atoms with Crippen molar-refractivity contribution in [1.82, 2.24) is 4.90 Å². The van der Waals surface area contributed by atoms with Crippen LogP contribution < -0.4 is 5.73 Å². The number of hydrogen-bond acceptors (Lipinski definition) is 2. The van der Waals surface area contributed by atoms with Crippen LogP contribution in [-0.4, -0.2) is 30.1 Å². The molecule has 1 saturated heterocycles. The van der Waals surface area contributed by atoms with E-state index in [1.807, 2.05) is 0 Å². The van der Waals surface area contributed by atoms with E-state index < -0.39 is 0 Å². The minimum absolute atomic E-state index is 0.275. The molecule has 112 valence electrons. The van der Waals surface area contributed by atoms with E-state index in [1.54, 1.807) is 0 Å². The van der Waals surface area contributed by atoms with Gasteiger partial charge in [0.2, 0.25) is 0 Å². The molecule has 1 saturated carbocycles. The average molecular weight is 266 g/mol. The zero-order valence-electron chi connectivity index (χ0n) is 13.8. The first kappa shape index (κ1) is 15.3. The van der Waals surface area contributed by atoms with Gasteiger partial charge in [-0.05, 0) is 61.9 Å². The standard InChI is InChI=1S/C17H34N2/c1-14-10-16(4,5)12-17(11-14,13-18)19-8-6-15(2,3)7-9-19/h14H,6-13,18H2,1-5H3. The first-order valence-corrected chi connectivity index (χ1v) is 8.13. The van der Waals surface area contributed by atoms with E-state index in [1.165, 1.54) is 45.2 Å². The maximum atomic E-state index is 6.28. The molecule has 0 spiro atoms. The van der Waals surface area contributed by atoms with Gasteiger partial charge in [-0.15, -0.1) is 0 Å². The van der Waals surface area contributed by atoms with Gasteiger partial charge in [0.25, 0.3) is 0 Å². The van der Waals surface area contributed by atoms with Crippen molar-refractivity contribution in [2.75, 3.05) is 19.6 Å². The first-order chi connectivity index (χ1) is 8.68. The Kier molecular flexibility index (Phi) is 4.06. The molecule has 1 heterocycles. The first-order valence-electron chi connectivity index (χ1n) is 8.13. The van der Waals surface area contributed by atoms with Crippen LogP contribution in [0.3, 0.4) is 0 Å². The van der Waals surface area contributed by atoms with Gasteiger partial charge in [-0.25, -0.2) is 0 Å². The van der Waals surface area contributed by atoms with Gasteiger partial charge in [0.1, 0.15) is 0 Å². The van der Waals surface area contributed by atoms with Crippen molar-refractivity contribution in [1.29, 1.82) is 0 Å². The molecule has 2 N–H and O–H groups in total. The molecule has 2 atom stereocenters. The van der Waals surface area contributed by atoms with Crippen LogP contribution in [0.25, 0.3) is 0 Å². The monoisotopic (exact) mass is 266 g/mol. The van der Waals surface area contributed by atoms with Gasteiger partial charge in [-0.3, -0.25) is 4.90 Å². The van der Waals surface area contributed by atoms with Gasteiger partial charge < -0.3 is 5.73 Å². The lowest BCUT2D eigenvalue weighted by atomic mass is 9.63. The van der Waals surface area contributed by atoms with Crippen molar-refractivity contribution < 1.29 is 0 Å². The van der Waals surface area contributed by atoms with Gasteiger partial charge in [0.15, 0.2) is 0 Å². The molecule has 2 aliphatic rings. The van der Waals surface area contributed by atoms with E-state index >= 15 is 0 Å². The number of nitrogens with zero attached hydrogens (tertiary/aromatic N) is 1. The summed E-state index contributed by atoms with van der Waals surface area (Å²) in [5, 5.41) is 0. The summed E-state index contributed by atoms with van der Waals surface area (Å²) in [5.41, 5.74) is 7.53. The highest BCUT2D eigenvalue weighted by atomic mass is 15.2. The highest BCUT2D eigenvalue weighted by Crippen LogP contribution is 2.47. The summed E-state index contributed by atoms with van der Waals surface area (Å²) in [4.78, 5) is 2.75. The SMILES string of the molecule is CC1CC(C)(C)CC(CN)(N2CCC(C)(C)CC2)C1. The van der Waals surface area contributed by atoms with Crippen LogP contribution in [0.2, 0.25) is 0 Å². The molecule has 0 aromatic carbocycles. The molecule has 2 nitrogen and oxygen atoms in total. The fraction of sp³-hybridized carbons (Fsp3) is 1.00. The van der Waals surface area contributed by atoms with Crippen molar-refractivity contribution in [3.63, 3.8) is 0 Å². The molecule has 0 bridgehead atoms. The molecule has 19 heavy (non-hydrogen) atoms. The maximum absolute atomic E-state index is 6.28. The van der Waals surface area contributed by atoms with E-state index in [9.17, 15) is 0 Å². The molecule has 1 aliphatic heterocycles. The van der Waals surface area contributed by atoms with Gasteiger partial charge >= 0.3 is 0 Å². The molecule has 2 heteroatoms. The summed E-state index contributed by atoms with van der Waals surface area (Å²) in [6, 6.07) is 0. The number of likely N-dealkylation sites (tertiary alicyclic amines) is 1. The van der Waals surface area contributed by atoms with Crippen LogP contribution in [0.5, 0.6) is 0 Å². The number of hydrogen-bond donors (Lipinski definition) is 1. The lowest BCUT2D eigenvalue weighted by Gasteiger charge is -2.55. The lowest BCUT2D eigenvalue weighted by molar-refractivity contribution is -0.0381. The summed E-state index contributed by atoms with van der Waals surface area (Å²) in [6.45, 7) is 15.4. The minimum atomic E-state index is 0.275. The normalized spacial score (nSPS) is 39.2. The third-order valence-electron chi connectivity index (χ3n) is 5.60. The Bertz CT molecular complexity index is 311. The fourth-order valence-electron chi connectivity index (χ4n) is 4.81. The van der Waals surface area contributed by atoms with Crippen LogP contribution in [0.4, 0.5) is 0 Å². The van der Waals surface area contributed by atoms with E-state index in [-0.39, 0.29) is 5.54 Å². The van der Waals surface area contributed by atoms with Gasteiger partial charge in [-0.1, -0.05) is 34.6 Å². The van der Waals surface area contributed by atoms with Crippen molar-refractivity contribution in [3.8, 4) is 0 Å². The van der Waals surface area contributed by atoms with Crippen molar-refractivity contribution in [3.05, 3.63) is 0 Å². The summed E-state index contributed by atoms with van der Waals surface area (Å²) in [5.74, 6) is 0.808. The Labute approximate surface area is 120 Å². The van der Waals surface area contributed by atoms with Crippen LogP contribution in [0.15, 0.2) is 0 Å². The summed E-state index contributed by atoms with van der Waals surface area (Å²) >= 11 is 0. The van der Waals surface area contributed by atoms with Crippen LogP contribution in [0.1, 0.15) is 66.7 Å². The Morgan fingerprint density at radius 3 is 2.05 bits per heavy atom. The zero-order chi connectivity index (χ0) is 14.3. The Hall–Kier alpha value is -0.0800. The molecular formula is C17H34N2. The number of rotatable bonds is 2. The van der Waals surface area contributed by atoms with Crippen LogP contribution in [-0.2, 0) is 0 Å². The zero-order valence-corrected chi connectivity index (χ0v) is 13.8. The molecule has 1 aliphatic carbocycles. The van der Waals surface area contributed by atoms with Crippen molar-refractivity contribution in [2.24, 2.45) is 22.5 Å². The Morgan fingerprint density at radius 1 is 1.00 bits per heavy atom. The minimum Gasteiger partial charge on any atom is -0.329 e. The molecule has 0 amide bonds. The third-order valence-corrected chi connectivity index (χ3v) is 5.60. The largest absolute Gasteiger partial charge is 0.329 e. The predicted octanol–water partition coefficient (Wildman–Crippen LogP) is 3.65. The average Bonchev–Trinajstić information content (AvgIpc) is 2.25. The molecule has 0 aromatic heterocycles. The molecule has 2 unspecified atom stereocenters. The number of piperidine rings is 1. The second-order valence-corrected chi connectivity index (χ2v) is 8.93. The van der Waals surface area contributed by atoms with E-state index in [4.69, 9.17) is 5.73 Å². The van der Waals surface area contributed by atoms with Gasteiger partial charge in [0.05, 0.1) is 0 Å². The molecular weight excluding hydrogens is 232 g/mol. The van der Waals surface area contributed by atoms with Crippen molar-refractivity contribution >= 4 is 0 Å². The Balaban J connectivity index is 2.14. The molecule has 2 fully saturated rings. The highest BCUT2D eigenvalue weighted by molar-refractivity contribution is 5.02. The van der Waals surface area contributed by atoms with E-state index in [2.05, 4.69) is 39.5 Å². The van der Waals surface area contributed by atoms with Crippen molar-refractivity contribution in [2.45, 2.75) is 72.3 Å². The van der Waals surface area contributed by atoms with Gasteiger partial charge in [0, 0.05) is 12.1 Å². The number of nitrogens with two attached hydrogens (primary N) is 1. The lowest BCUT2D eigenvalue weighted by Crippen LogP contribution is -2.61. The van der Waals surface area contributed by atoms with Gasteiger partial charge in [-0.2, -0.15) is 0 Å². The summed E-state index contributed by atoms with van der Waals surface area (Å²) in [6.07, 6.45) is 6.58. The molecule has 0 aromatic rings. The fourth-order valence-corrected chi connectivity index (χ4v) is 4.81. The second kappa shape index (κ2) is 5.04. The Morgan fingerprint density at radius 2 is 1.58 bits per heavy atom. The maximum Gasteiger partial charge on any atom is 0.0339 e. The molecule has 0 radical (unpaired) electrons. The predicted molar refractivity (Wildman–Crippen MR) is 83.2 cm³/mol. The molecule has 2 rings (SSSR count). The smallest absolute Gasteiger partial charge is 0.0339 e. The van der Waals surface area contributed by atoms with Crippen LogP contribution in [0, 0.1) is 16.7 Å². The second-order valence-electron chi connectivity index (χ2n) is 8.93. The van der Waals surface area contributed by atoms with E-state index in [0.29, 0.717) is 10.8 Å². The highest BCUT2D eigenvalue weighted by Gasteiger charge is 2.46.